The molecule has 1 atom stereocenters. The van der Waals surface area contributed by atoms with Crippen molar-refractivity contribution in [3.05, 3.63) is 12.2 Å². The fourth-order valence-electron chi connectivity index (χ4n) is 2.82. The zero-order valence-corrected chi connectivity index (χ0v) is 18.2. The molecule has 1 N–H and O–H groups in total. The summed E-state index contributed by atoms with van der Waals surface area (Å²) < 4.78 is 21.0. The standard InChI is InChI=1S/C21H43O4P/c1-3-4-5-6-7-8-9-10-11-12-13-14-15-16-17-18-19-24-20-21-25-26(2,22)23/h10-11H,3-9,12-21H2,1-2H3,(H,22,23)/b11-10-. The molecule has 0 aromatic rings. The van der Waals surface area contributed by atoms with E-state index in [4.69, 9.17) is 14.2 Å². The molecule has 0 spiro atoms. The average Bonchev–Trinajstić information content (AvgIpc) is 2.59. The smallest absolute Gasteiger partial charge is 0.325 e. The Bertz CT molecular complexity index is 352. The SMILES string of the molecule is CCCCCCCC/C=C\CCCCCCCCOCCOP(C)(=O)O. The largest absolute Gasteiger partial charge is 0.379 e. The maximum Gasteiger partial charge on any atom is 0.325 e. The lowest BCUT2D eigenvalue weighted by molar-refractivity contribution is 0.0932. The highest BCUT2D eigenvalue weighted by Crippen LogP contribution is 2.35. The number of unbranched alkanes of at least 4 members (excludes halogenated alkanes) is 12. The van der Waals surface area contributed by atoms with Gasteiger partial charge in [-0.05, 0) is 32.1 Å². The Labute approximate surface area is 162 Å². The van der Waals surface area contributed by atoms with Crippen LogP contribution < -0.4 is 0 Å². The molecule has 0 saturated heterocycles. The lowest BCUT2D eigenvalue weighted by atomic mass is 10.1. The van der Waals surface area contributed by atoms with Crippen LogP contribution in [0.5, 0.6) is 0 Å². The van der Waals surface area contributed by atoms with Crippen LogP contribution in [0.1, 0.15) is 96.8 Å². The lowest BCUT2D eigenvalue weighted by Gasteiger charge is -2.07. The zero-order chi connectivity index (χ0) is 19.3. The molecule has 26 heavy (non-hydrogen) atoms. The third kappa shape index (κ3) is 23.9. The number of rotatable bonds is 20. The van der Waals surface area contributed by atoms with Crippen molar-refractivity contribution in [3.63, 3.8) is 0 Å². The zero-order valence-electron chi connectivity index (χ0n) is 17.3. The summed E-state index contributed by atoms with van der Waals surface area (Å²) in [5.74, 6) is 0. The van der Waals surface area contributed by atoms with E-state index < -0.39 is 7.60 Å². The summed E-state index contributed by atoms with van der Waals surface area (Å²) in [6.07, 6.45) is 22.9. The van der Waals surface area contributed by atoms with Crippen molar-refractivity contribution in [2.45, 2.75) is 96.8 Å². The monoisotopic (exact) mass is 390 g/mol. The van der Waals surface area contributed by atoms with Crippen LogP contribution in [0.15, 0.2) is 12.2 Å². The van der Waals surface area contributed by atoms with Gasteiger partial charge in [-0.2, -0.15) is 0 Å². The van der Waals surface area contributed by atoms with Gasteiger partial charge >= 0.3 is 7.60 Å². The van der Waals surface area contributed by atoms with Gasteiger partial charge < -0.3 is 14.2 Å². The third-order valence-electron chi connectivity index (χ3n) is 4.36. The minimum Gasteiger partial charge on any atom is -0.379 e. The van der Waals surface area contributed by atoms with Crippen molar-refractivity contribution in [3.8, 4) is 0 Å². The second kappa shape index (κ2) is 19.6. The summed E-state index contributed by atoms with van der Waals surface area (Å²) >= 11 is 0. The molecule has 0 aliphatic rings. The first kappa shape index (κ1) is 25.9. The van der Waals surface area contributed by atoms with Gasteiger partial charge in [0.25, 0.3) is 0 Å². The molecule has 0 aromatic carbocycles. The lowest BCUT2D eigenvalue weighted by Crippen LogP contribution is -2.03. The first-order valence-corrected chi connectivity index (χ1v) is 12.8. The van der Waals surface area contributed by atoms with Gasteiger partial charge in [0.1, 0.15) is 0 Å². The Morgan fingerprint density at radius 3 is 1.77 bits per heavy atom. The van der Waals surface area contributed by atoms with Gasteiger partial charge in [0.15, 0.2) is 0 Å². The van der Waals surface area contributed by atoms with Crippen LogP contribution in [0.3, 0.4) is 0 Å². The molecule has 0 aromatic heterocycles. The fourth-order valence-corrected chi connectivity index (χ4v) is 3.23. The maximum absolute atomic E-state index is 10.9. The number of ether oxygens (including phenoxy) is 1. The molecule has 1 unspecified atom stereocenters. The van der Waals surface area contributed by atoms with Crippen LogP contribution in [0, 0.1) is 0 Å². The third-order valence-corrected chi connectivity index (χ3v) is 5.02. The molecule has 4 nitrogen and oxygen atoms in total. The molecule has 5 heteroatoms. The van der Waals surface area contributed by atoms with Crippen molar-refractivity contribution < 1.29 is 18.7 Å². The van der Waals surface area contributed by atoms with Crippen LogP contribution in [-0.2, 0) is 13.8 Å². The molecule has 0 aliphatic carbocycles. The first-order valence-electron chi connectivity index (χ1n) is 10.7. The predicted molar refractivity (Wildman–Crippen MR) is 112 cm³/mol. The number of hydrogen-bond acceptors (Lipinski definition) is 3. The van der Waals surface area contributed by atoms with E-state index in [0.29, 0.717) is 13.2 Å². The van der Waals surface area contributed by atoms with E-state index in [0.717, 1.165) is 6.42 Å². The van der Waals surface area contributed by atoms with E-state index in [1.165, 1.54) is 90.1 Å². The summed E-state index contributed by atoms with van der Waals surface area (Å²) in [5.41, 5.74) is 0. The maximum atomic E-state index is 10.9. The fraction of sp³-hybridized carbons (Fsp3) is 0.905. The highest BCUT2D eigenvalue weighted by molar-refractivity contribution is 7.51. The first-order chi connectivity index (χ1) is 12.6. The van der Waals surface area contributed by atoms with E-state index in [1.807, 2.05) is 0 Å². The van der Waals surface area contributed by atoms with Crippen molar-refractivity contribution in [2.75, 3.05) is 26.5 Å². The van der Waals surface area contributed by atoms with Crippen molar-refractivity contribution >= 4 is 7.60 Å². The van der Waals surface area contributed by atoms with Crippen LogP contribution in [0.25, 0.3) is 0 Å². The van der Waals surface area contributed by atoms with Gasteiger partial charge in [0.05, 0.1) is 13.2 Å². The Hall–Kier alpha value is -0.150. The Morgan fingerprint density at radius 2 is 1.23 bits per heavy atom. The van der Waals surface area contributed by atoms with Crippen molar-refractivity contribution in [2.24, 2.45) is 0 Å². The summed E-state index contributed by atoms with van der Waals surface area (Å²) in [6, 6.07) is 0. The Morgan fingerprint density at radius 1 is 0.731 bits per heavy atom. The number of allylic oxidation sites excluding steroid dienone is 2. The predicted octanol–water partition coefficient (Wildman–Crippen LogP) is 6.87. The summed E-state index contributed by atoms with van der Waals surface area (Å²) in [5, 5.41) is 0. The molecule has 0 heterocycles. The molecule has 0 bridgehead atoms. The average molecular weight is 391 g/mol. The highest BCUT2D eigenvalue weighted by Gasteiger charge is 2.08. The van der Waals surface area contributed by atoms with Gasteiger partial charge in [0.2, 0.25) is 0 Å². The normalized spacial score (nSPS) is 14.1. The van der Waals surface area contributed by atoms with Crippen LogP contribution in [0.4, 0.5) is 0 Å². The highest BCUT2D eigenvalue weighted by atomic mass is 31.2. The summed E-state index contributed by atoms with van der Waals surface area (Å²) in [7, 11) is -3.34. The second-order valence-corrected chi connectivity index (χ2v) is 9.05. The van der Waals surface area contributed by atoms with Gasteiger partial charge in [-0.25, -0.2) is 0 Å². The van der Waals surface area contributed by atoms with E-state index in [2.05, 4.69) is 19.1 Å². The molecule has 0 aliphatic heterocycles. The minimum atomic E-state index is -3.34. The van der Waals surface area contributed by atoms with Crippen LogP contribution in [0.2, 0.25) is 0 Å². The van der Waals surface area contributed by atoms with E-state index in [-0.39, 0.29) is 6.61 Å². The van der Waals surface area contributed by atoms with E-state index in [9.17, 15) is 4.57 Å². The Kier molecular flexibility index (Phi) is 19.5. The van der Waals surface area contributed by atoms with Crippen molar-refractivity contribution in [1.29, 1.82) is 0 Å². The minimum absolute atomic E-state index is 0.191. The molecular weight excluding hydrogens is 347 g/mol. The van der Waals surface area contributed by atoms with E-state index >= 15 is 0 Å². The second-order valence-electron chi connectivity index (χ2n) is 7.19. The Balaban J connectivity index is 3.11. The molecule has 0 saturated carbocycles. The summed E-state index contributed by atoms with van der Waals surface area (Å²) in [4.78, 5) is 8.94. The van der Waals surface area contributed by atoms with Crippen LogP contribution >= 0.6 is 7.60 Å². The van der Waals surface area contributed by atoms with E-state index in [1.54, 1.807) is 0 Å². The van der Waals surface area contributed by atoms with Crippen molar-refractivity contribution in [1.82, 2.24) is 0 Å². The van der Waals surface area contributed by atoms with Crippen LogP contribution in [-0.4, -0.2) is 31.4 Å². The molecule has 0 amide bonds. The molecule has 0 rings (SSSR count). The number of hydrogen-bond donors (Lipinski definition) is 1. The molecule has 156 valence electrons. The van der Waals surface area contributed by atoms with Gasteiger partial charge in [-0.15, -0.1) is 0 Å². The molecule has 0 radical (unpaired) electrons. The van der Waals surface area contributed by atoms with Gasteiger partial charge in [0, 0.05) is 13.3 Å². The van der Waals surface area contributed by atoms with Gasteiger partial charge in [-0.1, -0.05) is 76.9 Å². The topological polar surface area (TPSA) is 55.8 Å². The quantitative estimate of drug-likeness (QED) is 0.140. The molecule has 0 fully saturated rings. The summed E-state index contributed by atoms with van der Waals surface area (Å²) in [6.45, 7) is 4.75. The molecular formula is C21H43O4P. The van der Waals surface area contributed by atoms with Gasteiger partial charge in [-0.3, -0.25) is 4.57 Å².